The SMILES string of the molecule is O=C(COc1ccc([N+](=O)[O-])cc1)NNC(=O)[C@@H]1CCCC[C@H]1C(=O)[O-]. The first-order valence-electron chi connectivity index (χ1n) is 8.05. The Labute approximate surface area is 148 Å². The molecule has 1 aliphatic carbocycles. The fourth-order valence-corrected chi connectivity index (χ4v) is 2.80. The van der Waals surface area contributed by atoms with E-state index in [1.807, 2.05) is 0 Å². The van der Waals surface area contributed by atoms with Gasteiger partial charge in [-0.1, -0.05) is 12.8 Å². The number of nitrogens with zero attached hydrogens (tertiary/aromatic N) is 1. The highest BCUT2D eigenvalue weighted by Gasteiger charge is 2.31. The number of carbonyl (C=O) groups excluding carboxylic acids is 3. The zero-order valence-electron chi connectivity index (χ0n) is 13.8. The zero-order valence-corrected chi connectivity index (χ0v) is 13.8. The van der Waals surface area contributed by atoms with Gasteiger partial charge in [0.25, 0.3) is 11.6 Å². The lowest BCUT2D eigenvalue weighted by Crippen LogP contribution is -2.50. The highest BCUT2D eigenvalue weighted by atomic mass is 16.6. The fourth-order valence-electron chi connectivity index (χ4n) is 2.80. The van der Waals surface area contributed by atoms with Crippen LogP contribution in [0.5, 0.6) is 5.75 Å². The second-order valence-corrected chi connectivity index (χ2v) is 5.89. The summed E-state index contributed by atoms with van der Waals surface area (Å²) in [5, 5.41) is 21.6. The van der Waals surface area contributed by atoms with Crippen LogP contribution in [-0.4, -0.2) is 29.3 Å². The summed E-state index contributed by atoms with van der Waals surface area (Å²) in [4.78, 5) is 44.9. The molecule has 2 amide bonds. The topological polar surface area (TPSA) is 151 Å². The molecule has 0 heterocycles. The molecule has 2 N–H and O–H groups in total. The number of amides is 2. The fraction of sp³-hybridized carbons (Fsp3) is 0.438. The molecule has 1 fully saturated rings. The van der Waals surface area contributed by atoms with Crippen LogP contribution in [-0.2, 0) is 14.4 Å². The van der Waals surface area contributed by atoms with Crippen molar-refractivity contribution in [3.05, 3.63) is 34.4 Å². The molecule has 10 heteroatoms. The van der Waals surface area contributed by atoms with Gasteiger partial charge in [-0.25, -0.2) is 0 Å². The highest BCUT2D eigenvalue weighted by Crippen LogP contribution is 2.29. The van der Waals surface area contributed by atoms with Crippen LogP contribution in [0.1, 0.15) is 25.7 Å². The minimum absolute atomic E-state index is 0.107. The first-order chi connectivity index (χ1) is 12.4. The average molecular weight is 364 g/mol. The van der Waals surface area contributed by atoms with Gasteiger partial charge < -0.3 is 14.6 Å². The lowest BCUT2D eigenvalue weighted by atomic mass is 9.79. The van der Waals surface area contributed by atoms with Gasteiger partial charge in [-0.2, -0.15) is 0 Å². The average Bonchev–Trinajstić information content (AvgIpc) is 2.64. The zero-order chi connectivity index (χ0) is 19.1. The monoisotopic (exact) mass is 364 g/mol. The van der Waals surface area contributed by atoms with Crippen LogP contribution in [0.15, 0.2) is 24.3 Å². The molecule has 2 atom stereocenters. The molecule has 10 nitrogen and oxygen atoms in total. The lowest BCUT2D eigenvalue weighted by molar-refractivity contribution is -0.384. The molecule has 1 aliphatic rings. The van der Waals surface area contributed by atoms with Gasteiger partial charge >= 0.3 is 0 Å². The number of hydrogen-bond acceptors (Lipinski definition) is 7. The van der Waals surface area contributed by atoms with Crippen LogP contribution in [0.4, 0.5) is 5.69 Å². The molecule has 2 rings (SSSR count). The van der Waals surface area contributed by atoms with E-state index < -0.39 is 41.1 Å². The summed E-state index contributed by atoms with van der Waals surface area (Å²) in [5.41, 5.74) is 4.25. The summed E-state index contributed by atoms with van der Waals surface area (Å²) in [6.07, 6.45) is 2.24. The smallest absolute Gasteiger partial charge is 0.276 e. The Balaban J connectivity index is 1.78. The molecule has 0 saturated heterocycles. The van der Waals surface area contributed by atoms with E-state index in [4.69, 9.17) is 4.74 Å². The van der Waals surface area contributed by atoms with Crippen LogP contribution >= 0.6 is 0 Å². The number of nitro benzene ring substituents is 1. The Morgan fingerprint density at radius 3 is 2.27 bits per heavy atom. The van der Waals surface area contributed by atoms with E-state index in [2.05, 4.69) is 10.9 Å². The van der Waals surface area contributed by atoms with Crippen LogP contribution < -0.4 is 20.7 Å². The number of carboxylic acid groups (broad SMARTS) is 1. The summed E-state index contributed by atoms with van der Waals surface area (Å²) >= 11 is 0. The standard InChI is InChI=1S/C16H19N3O7/c20-14(9-26-11-7-5-10(6-8-11)19(24)25)17-18-15(21)12-3-1-2-4-13(12)16(22)23/h5-8,12-13H,1-4,9H2,(H,17,20)(H,18,21)(H,22,23)/p-1/t12-,13-/m1/s1. The number of nitro groups is 1. The Bertz CT molecular complexity index is 690. The maximum Gasteiger partial charge on any atom is 0.276 e. The molecular formula is C16H18N3O7-. The largest absolute Gasteiger partial charge is 0.550 e. The summed E-state index contributed by atoms with van der Waals surface area (Å²) in [6.45, 7) is -0.424. The van der Waals surface area contributed by atoms with Gasteiger partial charge in [0, 0.05) is 29.9 Å². The van der Waals surface area contributed by atoms with Crippen molar-refractivity contribution in [2.24, 2.45) is 11.8 Å². The van der Waals surface area contributed by atoms with E-state index >= 15 is 0 Å². The molecule has 0 unspecified atom stereocenters. The number of carbonyl (C=O) groups is 3. The van der Waals surface area contributed by atoms with E-state index in [-0.39, 0.29) is 11.4 Å². The van der Waals surface area contributed by atoms with Crippen molar-refractivity contribution in [1.29, 1.82) is 0 Å². The molecule has 0 aromatic heterocycles. The van der Waals surface area contributed by atoms with Crippen molar-refractivity contribution >= 4 is 23.5 Å². The molecule has 26 heavy (non-hydrogen) atoms. The number of rotatable bonds is 6. The van der Waals surface area contributed by atoms with Crippen LogP contribution in [0.25, 0.3) is 0 Å². The second-order valence-electron chi connectivity index (χ2n) is 5.89. The van der Waals surface area contributed by atoms with Gasteiger partial charge in [-0.3, -0.25) is 30.6 Å². The molecule has 1 saturated carbocycles. The number of benzene rings is 1. The van der Waals surface area contributed by atoms with E-state index in [0.29, 0.717) is 12.8 Å². The van der Waals surface area contributed by atoms with Crippen LogP contribution in [0.2, 0.25) is 0 Å². The van der Waals surface area contributed by atoms with Gasteiger partial charge in [0.1, 0.15) is 5.75 Å². The third kappa shape index (κ3) is 5.16. The van der Waals surface area contributed by atoms with Gasteiger partial charge in [-0.15, -0.1) is 0 Å². The number of carboxylic acids is 1. The van der Waals surface area contributed by atoms with E-state index in [9.17, 15) is 29.6 Å². The first-order valence-corrected chi connectivity index (χ1v) is 8.05. The summed E-state index contributed by atoms with van der Waals surface area (Å²) in [7, 11) is 0. The molecule has 0 radical (unpaired) electrons. The van der Waals surface area contributed by atoms with Crippen molar-refractivity contribution in [1.82, 2.24) is 10.9 Å². The summed E-state index contributed by atoms with van der Waals surface area (Å²) < 4.78 is 5.15. The highest BCUT2D eigenvalue weighted by molar-refractivity contribution is 5.87. The molecule has 0 bridgehead atoms. The first kappa shape index (κ1) is 19.2. The Morgan fingerprint density at radius 2 is 1.69 bits per heavy atom. The maximum absolute atomic E-state index is 12.1. The number of ether oxygens (including phenoxy) is 1. The van der Waals surface area contributed by atoms with Crippen LogP contribution in [0, 0.1) is 22.0 Å². The van der Waals surface area contributed by atoms with Gasteiger partial charge in [0.05, 0.1) is 4.92 Å². The third-order valence-corrected chi connectivity index (χ3v) is 4.15. The van der Waals surface area contributed by atoms with Crippen molar-refractivity contribution in [3.63, 3.8) is 0 Å². The van der Waals surface area contributed by atoms with Gasteiger partial charge in [0.15, 0.2) is 6.61 Å². The molecule has 0 spiro atoms. The Kier molecular flexibility index (Phi) is 6.48. The van der Waals surface area contributed by atoms with E-state index in [1.54, 1.807) is 0 Å². The minimum Gasteiger partial charge on any atom is -0.550 e. The molecule has 1 aromatic rings. The Morgan fingerprint density at radius 1 is 1.08 bits per heavy atom. The molecule has 1 aromatic carbocycles. The lowest BCUT2D eigenvalue weighted by Gasteiger charge is -2.31. The van der Waals surface area contributed by atoms with Crippen molar-refractivity contribution in [2.75, 3.05) is 6.61 Å². The number of nitrogens with one attached hydrogen (secondary N) is 2. The maximum atomic E-state index is 12.1. The van der Waals surface area contributed by atoms with Crippen LogP contribution in [0.3, 0.4) is 0 Å². The number of hydrazine groups is 1. The molecule has 0 aliphatic heterocycles. The number of non-ortho nitro benzene ring substituents is 1. The van der Waals surface area contributed by atoms with Crippen molar-refractivity contribution in [2.45, 2.75) is 25.7 Å². The molecular weight excluding hydrogens is 346 g/mol. The van der Waals surface area contributed by atoms with Crippen molar-refractivity contribution < 1.29 is 29.2 Å². The molecule has 140 valence electrons. The summed E-state index contributed by atoms with van der Waals surface area (Å²) in [6, 6.07) is 5.16. The third-order valence-electron chi connectivity index (χ3n) is 4.15. The summed E-state index contributed by atoms with van der Waals surface area (Å²) in [5.74, 6) is -3.86. The van der Waals surface area contributed by atoms with Gasteiger partial charge in [0.2, 0.25) is 5.91 Å². The van der Waals surface area contributed by atoms with Crippen molar-refractivity contribution in [3.8, 4) is 5.75 Å². The number of aliphatic carboxylic acids is 1. The van der Waals surface area contributed by atoms with E-state index in [0.717, 1.165) is 12.8 Å². The number of hydrogen-bond donors (Lipinski definition) is 2. The predicted octanol–water partition coefficient (Wildman–Crippen LogP) is -0.323. The predicted molar refractivity (Wildman–Crippen MR) is 85.3 cm³/mol. The van der Waals surface area contributed by atoms with Gasteiger partial charge in [-0.05, 0) is 25.0 Å². The Hall–Kier alpha value is -3.17. The quantitative estimate of drug-likeness (QED) is 0.518. The minimum atomic E-state index is -1.27. The van der Waals surface area contributed by atoms with E-state index in [1.165, 1.54) is 24.3 Å². The second kappa shape index (κ2) is 8.79. The normalized spacial score (nSPS) is 19.2.